The van der Waals surface area contributed by atoms with Gasteiger partial charge in [0.2, 0.25) is 0 Å². The van der Waals surface area contributed by atoms with Crippen molar-refractivity contribution in [2.45, 2.75) is 328 Å². The van der Waals surface area contributed by atoms with Crippen molar-refractivity contribution < 1.29 is 18.1 Å². The van der Waals surface area contributed by atoms with Crippen LogP contribution in [0.3, 0.4) is 0 Å². The standard InChI is InChI=1S/C54H111O4PS3/c1-7-10-13-16-19-22-25-28-31-34-37-40-43-46-49-60-52(4)56-59(55,57-53(5)61-50-47-44-41-38-35-32-29-26-23-20-17-14-11-8-2)58-54(6)62-51-48-45-42-39-36-33-30-27-24-21-18-15-12-9-3/h52-54H,7-51H2,1-6H3. The molecule has 4 nitrogen and oxygen atoms in total. The monoisotopic (exact) mass is 951 g/mol. The summed E-state index contributed by atoms with van der Waals surface area (Å²) in [6, 6.07) is 0. The number of thioether (sulfide) groups is 3. The first kappa shape index (κ1) is 63.2. The highest BCUT2D eigenvalue weighted by molar-refractivity contribution is 8.00. The predicted octanol–water partition coefficient (Wildman–Crippen LogP) is 21.8. The zero-order valence-electron chi connectivity index (χ0n) is 42.9. The third-order valence-corrected chi connectivity index (χ3v) is 17.8. The Morgan fingerprint density at radius 3 is 0.581 bits per heavy atom. The van der Waals surface area contributed by atoms with Gasteiger partial charge in [0.1, 0.15) is 16.3 Å². The first-order valence-electron chi connectivity index (χ1n) is 27.9. The van der Waals surface area contributed by atoms with E-state index >= 15 is 0 Å². The fourth-order valence-corrected chi connectivity index (χ4v) is 13.4. The summed E-state index contributed by atoms with van der Waals surface area (Å²) in [5.74, 6) is 3.06. The van der Waals surface area contributed by atoms with Crippen molar-refractivity contribution in [1.82, 2.24) is 0 Å². The van der Waals surface area contributed by atoms with Crippen LogP contribution in [0, 0.1) is 0 Å². The van der Waals surface area contributed by atoms with Gasteiger partial charge < -0.3 is 0 Å². The number of phosphoric ester groups is 1. The Kier molecular flexibility index (Phi) is 52.5. The van der Waals surface area contributed by atoms with E-state index < -0.39 is 7.82 Å². The molecule has 0 N–H and O–H groups in total. The number of hydrogen-bond acceptors (Lipinski definition) is 7. The van der Waals surface area contributed by atoms with Gasteiger partial charge >= 0.3 is 7.82 Å². The summed E-state index contributed by atoms with van der Waals surface area (Å²) >= 11 is 5.26. The molecule has 0 radical (unpaired) electrons. The van der Waals surface area contributed by atoms with Gasteiger partial charge in [-0.05, 0) is 57.3 Å². The van der Waals surface area contributed by atoms with Crippen LogP contribution in [-0.2, 0) is 18.1 Å². The fraction of sp³-hybridized carbons (Fsp3) is 1.00. The minimum atomic E-state index is -3.72. The molecule has 0 saturated carbocycles. The Balaban J connectivity index is 4.44. The summed E-state index contributed by atoms with van der Waals surface area (Å²) in [6.45, 7) is 12.9. The average molecular weight is 952 g/mol. The summed E-state index contributed by atoms with van der Waals surface area (Å²) in [4.78, 5) is 0. The maximum Gasteiger partial charge on any atom is 0.478 e. The maximum atomic E-state index is 14.2. The topological polar surface area (TPSA) is 44.8 Å². The van der Waals surface area contributed by atoms with Crippen molar-refractivity contribution in [2.24, 2.45) is 0 Å². The third-order valence-electron chi connectivity index (χ3n) is 12.4. The van der Waals surface area contributed by atoms with Crippen LogP contribution in [-0.4, -0.2) is 33.6 Å². The molecule has 0 aliphatic carbocycles. The van der Waals surface area contributed by atoms with Gasteiger partial charge in [0.05, 0.1) is 0 Å². The molecule has 8 heteroatoms. The smallest absolute Gasteiger partial charge is 0.273 e. The number of unbranched alkanes of at least 4 members (excludes halogenated alkanes) is 39. The van der Waals surface area contributed by atoms with Gasteiger partial charge in [-0.1, -0.05) is 271 Å². The van der Waals surface area contributed by atoms with Crippen molar-refractivity contribution in [3.05, 3.63) is 0 Å². The van der Waals surface area contributed by atoms with Crippen LogP contribution >= 0.6 is 43.1 Å². The normalized spacial score (nSPS) is 14.4. The zero-order chi connectivity index (χ0) is 45.3. The molecule has 0 saturated heterocycles. The molecule has 0 aliphatic heterocycles. The van der Waals surface area contributed by atoms with E-state index in [4.69, 9.17) is 13.6 Å². The summed E-state index contributed by atoms with van der Waals surface area (Å²) in [6.07, 6.45) is 57.6. The Morgan fingerprint density at radius 2 is 0.419 bits per heavy atom. The maximum absolute atomic E-state index is 14.2. The van der Waals surface area contributed by atoms with E-state index in [0.717, 1.165) is 17.3 Å². The van der Waals surface area contributed by atoms with E-state index in [2.05, 4.69) is 20.8 Å². The predicted molar refractivity (Wildman–Crippen MR) is 288 cm³/mol. The summed E-state index contributed by atoms with van der Waals surface area (Å²) in [5, 5.41) is 0. The third kappa shape index (κ3) is 49.1. The molecule has 0 heterocycles. The second kappa shape index (κ2) is 51.5. The van der Waals surface area contributed by atoms with Crippen molar-refractivity contribution in [1.29, 1.82) is 0 Å². The van der Waals surface area contributed by atoms with Crippen LogP contribution in [0.15, 0.2) is 0 Å². The first-order chi connectivity index (χ1) is 30.4. The molecular formula is C54H111O4PS3. The van der Waals surface area contributed by atoms with E-state index in [9.17, 15) is 4.57 Å². The van der Waals surface area contributed by atoms with Crippen molar-refractivity contribution >= 4 is 43.1 Å². The molecule has 62 heavy (non-hydrogen) atoms. The largest absolute Gasteiger partial charge is 0.478 e. The van der Waals surface area contributed by atoms with Gasteiger partial charge in [-0.2, -0.15) is 0 Å². The van der Waals surface area contributed by atoms with Crippen LogP contribution in [0.25, 0.3) is 0 Å². The molecule has 3 atom stereocenters. The van der Waals surface area contributed by atoms with E-state index in [1.54, 1.807) is 35.3 Å². The van der Waals surface area contributed by atoms with Crippen LogP contribution in [0.4, 0.5) is 0 Å². The number of phosphoric acid groups is 1. The minimum absolute atomic E-state index is 0.228. The van der Waals surface area contributed by atoms with E-state index in [1.807, 2.05) is 20.8 Å². The molecule has 0 amide bonds. The molecule has 0 aromatic carbocycles. The molecule has 0 aromatic rings. The van der Waals surface area contributed by atoms with Gasteiger partial charge in [-0.25, -0.2) is 4.57 Å². The van der Waals surface area contributed by atoms with Crippen LogP contribution in [0.2, 0.25) is 0 Å². The highest BCUT2D eigenvalue weighted by atomic mass is 32.2. The van der Waals surface area contributed by atoms with Gasteiger partial charge in [0.25, 0.3) is 0 Å². The molecule has 0 spiro atoms. The van der Waals surface area contributed by atoms with Gasteiger partial charge in [-0.3, -0.25) is 13.6 Å². The molecule has 0 rings (SSSR count). The molecule has 3 unspecified atom stereocenters. The number of rotatable bonds is 54. The fourth-order valence-electron chi connectivity index (χ4n) is 8.35. The molecule has 0 fully saturated rings. The van der Waals surface area contributed by atoms with Crippen LogP contribution < -0.4 is 0 Å². The lowest BCUT2D eigenvalue weighted by Crippen LogP contribution is -2.14. The molecule has 0 aliphatic rings. The Labute approximate surface area is 403 Å². The zero-order valence-corrected chi connectivity index (χ0v) is 46.2. The first-order valence-corrected chi connectivity index (χ1v) is 32.5. The Morgan fingerprint density at radius 1 is 0.274 bits per heavy atom. The number of hydrogen-bond donors (Lipinski definition) is 0. The molecule has 0 bridgehead atoms. The van der Waals surface area contributed by atoms with E-state index in [1.165, 1.54) is 270 Å². The van der Waals surface area contributed by atoms with Crippen LogP contribution in [0.5, 0.6) is 0 Å². The minimum Gasteiger partial charge on any atom is -0.273 e. The Bertz CT molecular complexity index is 788. The lowest BCUT2D eigenvalue weighted by Gasteiger charge is -2.26. The van der Waals surface area contributed by atoms with Crippen molar-refractivity contribution in [3.8, 4) is 0 Å². The Hall–Kier alpha value is 1.16. The van der Waals surface area contributed by atoms with Gasteiger partial charge in [-0.15, -0.1) is 35.3 Å². The highest BCUT2D eigenvalue weighted by Crippen LogP contribution is 2.56. The van der Waals surface area contributed by atoms with Gasteiger partial charge in [0, 0.05) is 0 Å². The molecule has 0 aromatic heterocycles. The molecular weight excluding hydrogens is 840 g/mol. The quantitative estimate of drug-likeness (QED) is 0.0342. The SMILES string of the molecule is CCCCCCCCCCCCCCCCSC(C)OP(=O)(OC(C)SCCCCCCCCCCCCCCCC)OC(C)SCCCCCCCCCCCCCCCC. The van der Waals surface area contributed by atoms with Crippen molar-refractivity contribution in [3.63, 3.8) is 0 Å². The van der Waals surface area contributed by atoms with Crippen molar-refractivity contribution in [2.75, 3.05) is 17.3 Å². The van der Waals surface area contributed by atoms with Crippen LogP contribution in [0.1, 0.15) is 311 Å². The summed E-state index contributed by atoms with van der Waals surface area (Å²) < 4.78 is 32.8. The second-order valence-corrected chi connectivity index (χ2v) is 24.6. The molecule has 374 valence electrons. The lowest BCUT2D eigenvalue weighted by atomic mass is 10.0. The van der Waals surface area contributed by atoms with Gasteiger partial charge in [0.15, 0.2) is 0 Å². The summed E-state index contributed by atoms with van der Waals surface area (Å²) in [7, 11) is -3.72. The van der Waals surface area contributed by atoms with E-state index in [-0.39, 0.29) is 16.3 Å². The summed E-state index contributed by atoms with van der Waals surface area (Å²) in [5.41, 5.74) is -0.684. The lowest BCUT2D eigenvalue weighted by molar-refractivity contribution is 0.102. The average Bonchev–Trinajstić information content (AvgIpc) is 3.24. The second-order valence-electron chi connectivity index (χ2n) is 18.9. The highest BCUT2D eigenvalue weighted by Gasteiger charge is 2.34. The van der Waals surface area contributed by atoms with E-state index in [0.29, 0.717) is 0 Å².